The highest BCUT2D eigenvalue weighted by molar-refractivity contribution is 7.99. The van der Waals surface area contributed by atoms with Gasteiger partial charge in [-0.2, -0.15) is 0 Å². The third-order valence-corrected chi connectivity index (χ3v) is 5.33. The fourth-order valence-corrected chi connectivity index (χ4v) is 4.19. The van der Waals surface area contributed by atoms with Gasteiger partial charge in [-0.15, -0.1) is 10.2 Å². The van der Waals surface area contributed by atoms with Crippen LogP contribution in [0.25, 0.3) is 0 Å². The molecular weight excluding hydrogens is 268 g/mol. The van der Waals surface area contributed by atoms with Crippen molar-refractivity contribution in [1.82, 2.24) is 20.1 Å². The van der Waals surface area contributed by atoms with E-state index in [0.717, 1.165) is 5.16 Å². The zero-order valence-corrected chi connectivity index (χ0v) is 12.7. The van der Waals surface area contributed by atoms with E-state index in [1.807, 2.05) is 23.4 Å². The highest BCUT2D eigenvalue weighted by atomic mass is 32.2. The first-order valence-electron chi connectivity index (χ1n) is 7.05. The van der Waals surface area contributed by atoms with Gasteiger partial charge in [0.15, 0.2) is 5.16 Å². The number of benzene rings is 1. The number of aryl methyl sites for hydroxylation is 2. The number of thioether (sulfide) groups is 1. The van der Waals surface area contributed by atoms with Crippen LogP contribution in [0.5, 0.6) is 0 Å². The largest absolute Gasteiger partial charge is 0.312 e. The summed E-state index contributed by atoms with van der Waals surface area (Å²) in [4.78, 5) is 0. The second-order valence-corrected chi connectivity index (χ2v) is 6.44. The molecule has 1 aromatic heterocycles. The molecule has 4 nitrogen and oxygen atoms in total. The number of hydrogen-bond donors (Lipinski definition) is 1. The van der Waals surface area contributed by atoms with Crippen molar-refractivity contribution in [3.63, 3.8) is 0 Å². The molecule has 2 unspecified atom stereocenters. The van der Waals surface area contributed by atoms with Gasteiger partial charge in [0.05, 0.1) is 0 Å². The SMILES string of the molecule is CNC1c2ccccc2CCCC1Sc1nncn1C. The fraction of sp³-hybridized carbons (Fsp3) is 0.467. The van der Waals surface area contributed by atoms with E-state index >= 15 is 0 Å². The van der Waals surface area contributed by atoms with Crippen molar-refractivity contribution in [2.75, 3.05) is 7.05 Å². The number of fused-ring (bicyclic) bond motifs is 1. The van der Waals surface area contributed by atoms with Gasteiger partial charge >= 0.3 is 0 Å². The Hall–Kier alpha value is -1.33. The normalized spacial score (nSPS) is 22.3. The minimum Gasteiger partial charge on any atom is -0.312 e. The lowest BCUT2D eigenvalue weighted by molar-refractivity contribution is 0.546. The van der Waals surface area contributed by atoms with Crippen LogP contribution in [0.4, 0.5) is 0 Å². The summed E-state index contributed by atoms with van der Waals surface area (Å²) >= 11 is 1.83. The molecule has 2 atom stereocenters. The predicted octanol–water partition coefficient (Wildman–Crippen LogP) is 2.57. The van der Waals surface area contributed by atoms with Gasteiger partial charge in [0, 0.05) is 18.3 Å². The Balaban J connectivity index is 1.89. The van der Waals surface area contributed by atoms with Crippen molar-refractivity contribution in [1.29, 1.82) is 0 Å². The Morgan fingerprint density at radius 2 is 2.20 bits per heavy atom. The lowest BCUT2D eigenvalue weighted by Gasteiger charge is -2.25. The predicted molar refractivity (Wildman–Crippen MR) is 81.8 cm³/mol. The zero-order chi connectivity index (χ0) is 13.9. The summed E-state index contributed by atoms with van der Waals surface area (Å²) < 4.78 is 1.99. The lowest BCUT2D eigenvalue weighted by Crippen LogP contribution is -2.27. The van der Waals surface area contributed by atoms with Gasteiger partial charge in [-0.25, -0.2) is 0 Å². The number of nitrogens with one attached hydrogen (secondary N) is 1. The van der Waals surface area contributed by atoms with Crippen LogP contribution in [0.3, 0.4) is 0 Å². The maximum atomic E-state index is 4.21. The average Bonchev–Trinajstić information content (AvgIpc) is 2.77. The molecule has 0 saturated heterocycles. The summed E-state index contributed by atoms with van der Waals surface area (Å²) in [5, 5.41) is 13.2. The minimum absolute atomic E-state index is 0.371. The van der Waals surface area contributed by atoms with E-state index in [4.69, 9.17) is 0 Å². The summed E-state index contributed by atoms with van der Waals surface area (Å²) in [6.45, 7) is 0. The molecule has 0 spiro atoms. The number of hydrogen-bond acceptors (Lipinski definition) is 4. The summed E-state index contributed by atoms with van der Waals surface area (Å²) in [6.07, 6.45) is 5.36. The van der Waals surface area contributed by atoms with Crippen LogP contribution in [0.1, 0.15) is 30.0 Å². The summed E-state index contributed by atoms with van der Waals surface area (Å²) in [5.41, 5.74) is 2.92. The van der Waals surface area contributed by atoms with Crippen LogP contribution in [0, 0.1) is 0 Å². The molecule has 0 bridgehead atoms. The molecule has 106 valence electrons. The maximum absolute atomic E-state index is 4.21. The molecule has 1 aliphatic carbocycles. The van der Waals surface area contributed by atoms with Crippen molar-refractivity contribution in [3.8, 4) is 0 Å². The molecule has 20 heavy (non-hydrogen) atoms. The molecule has 1 heterocycles. The Bertz CT molecular complexity index is 581. The molecule has 0 aliphatic heterocycles. The van der Waals surface area contributed by atoms with Crippen molar-refractivity contribution in [2.45, 2.75) is 35.7 Å². The van der Waals surface area contributed by atoms with Crippen LogP contribution < -0.4 is 5.32 Å². The zero-order valence-electron chi connectivity index (χ0n) is 11.9. The van der Waals surface area contributed by atoms with Gasteiger partial charge in [0.25, 0.3) is 0 Å². The molecule has 5 heteroatoms. The van der Waals surface area contributed by atoms with Crippen LogP contribution in [-0.4, -0.2) is 27.1 Å². The van der Waals surface area contributed by atoms with Gasteiger partial charge in [0.2, 0.25) is 0 Å². The van der Waals surface area contributed by atoms with Gasteiger partial charge in [0.1, 0.15) is 6.33 Å². The van der Waals surface area contributed by atoms with Crippen molar-refractivity contribution < 1.29 is 0 Å². The van der Waals surface area contributed by atoms with Gasteiger partial charge < -0.3 is 9.88 Å². The highest BCUT2D eigenvalue weighted by Gasteiger charge is 2.28. The molecule has 1 aromatic carbocycles. The maximum Gasteiger partial charge on any atom is 0.191 e. The lowest BCUT2D eigenvalue weighted by atomic mass is 9.99. The van der Waals surface area contributed by atoms with E-state index < -0.39 is 0 Å². The smallest absolute Gasteiger partial charge is 0.191 e. The third kappa shape index (κ3) is 2.60. The third-order valence-electron chi connectivity index (χ3n) is 3.93. The molecule has 1 aliphatic rings. The van der Waals surface area contributed by atoms with E-state index in [0.29, 0.717) is 11.3 Å². The average molecular weight is 288 g/mol. The van der Waals surface area contributed by atoms with Crippen molar-refractivity contribution in [3.05, 3.63) is 41.7 Å². The molecule has 0 radical (unpaired) electrons. The molecule has 3 rings (SSSR count). The van der Waals surface area contributed by atoms with E-state index in [9.17, 15) is 0 Å². The Morgan fingerprint density at radius 1 is 1.35 bits per heavy atom. The van der Waals surface area contributed by atoms with Crippen LogP contribution in [0.15, 0.2) is 35.7 Å². The van der Waals surface area contributed by atoms with E-state index in [-0.39, 0.29) is 0 Å². The van der Waals surface area contributed by atoms with Crippen molar-refractivity contribution in [2.24, 2.45) is 7.05 Å². The van der Waals surface area contributed by atoms with Crippen molar-refractivity contribution >= 4 is 11.8 Å². The van der Waals surface area contributed by atoms with Gasteiger partial charge in [-0.05, 0) is 37.4 Å². The van der Waals surface area contributed by atoms with Crippen LogP contribution in [0.2, 0.25) is 0 Å². The molecule has 0 amide bonds. The fourth-order valence-electron chi connectivity index (χ4n) is 2.91. The second-order valence-electron chi connectivity index (χ2n) is 5.24. The van der Waals surface area contributed by atoms with E-state index in [1.165, 1.54) is 30.4 Å². The second kappa shape index (κ2) is 5.97. The van der Waals surface area contributed by atoms with E-state index in [1.54, 1.807) is 6.33 Å². The van der Waals surface area contributed by atoms with Gasteiger partial charge in [-0.3, -0.25) is 0 Å². The number of rotatable bonds is 3. The highest BCUT2D eigenvalue weighted by Crippen LogP contribution is 2.38. The number of nitrogens with zero attached hydrogens (tertiary/aromatic N) is 3. The van der Waals surface area contributed by atoms with Crippen LogP contribution in [-0.2, 0) is 13.5 Å². The van der Waals surface area contributed by atoms with Gasteiger partial charge in [-0.1, -0.05) is 36.0 Å². The molecule has 1 N–H and O–H groups in total. The summed E-state index contributed by atoms with van der Waals surface area (Å²) in [6, 6.07) is 9.16. The minimum atomic E-state index is 0.371. The van der Waals surface area contributed by atoms with Crippen LogP contribution >= 0.6 is 11.8 Å². The summed E-state index contributed by atoms with van der Waals surface area (Å²) in [5.74, 6) is 0. The Labute approximate surface area is 124 Å². The number of aromatic nitrogens is 3. The first-order chi connectivity index (χ1) is 9.79. The Kier molecular flexibility index (Phi) is 4.08. The quantitative estimate of drug-likeness (QED) is 0.882. The molecule has 0 saturated carbocycles. The standard InChI is InChI=1S/C15H20N4S/c1-16-14-12-8-4-3-6-11(12)7-5-9-13(14)20-15-18-17-10-19(15)2/h3-4,6,8,10,13-14,16H,5,7,9H2,1-2H3. The monoisotopic (exact) mass is 288 g/mol. The van der Waals surface area contributed by atoms with E-state index in [2.05, 4.69) is 46.8 Å². The molecular formula is C15H20N4S. The Morgan fingerprint density at radius 3 is 2.95 bits per heavy atom. The summed E-state index contributed by atoms with van der Waals surface area (Å²) in [7, 11) is 4.05. The first kappa shape index (κ1) is 13.6. The molecule has 0 fully saturated rings. The molecule has 2 aromatic rings. The first-order valence-corrected chi connectivity index (χ1v) is 7.93. The topological polar surface area (TPSA) is 42.7 Å².